The molecule has 1 aliphatic carbocycles. The molecule has 1 aromatic carbocycles. The molecule has 2 rings (SSSR count). The Hall–Kier alpha value is -0.863. The summed E-state index contributed by atoms with van der Waals surface area (Å²) in [5.41, 5.74) is 2.34. The summed E-state index contributed by atoms with van der Waals surface area (Å²) < 4.78 is 6.63. The van der Waals surface area contributed by atoms with E-state index in [0.29, 0.717) is 0 Å². The van der Waals surface area contributed by atoms with Crippen LogP contribution in [0, 0.1) is 0 Å². The maximum atomic E-state index is 6.63. The van der Waals surface area contributed by atoms with Crippen molar-refractivity contribution in [2.45, 2.75) is 51.4 Å². The number of fused-ring (bicyclic) bond motifs is 1. The Balaban J connectivity index is 2.34. The summed E-state index contributed by atoms with van der Waals surface area (Å²) in [4.78, 5) is 0. The first-order valence-electron chi connectivity index (χ1n) is 6.65. The normalized spacial score (nSPS) is 23.2. The van der Waals surface area contributed by atoms with Crippen molar-refractivity contribution in [3.8, 4) is 0 Å². The molecule has 0 spiro atoms. The van der Waals surface area contributed by atoms with Crippen molar-refractivity contribution in [3.63, 3.8) is 0 Å². The predicted molar refractivity (Wildman–Crippen MR) is 81.1 cm³/mol. The van der Waals surface area contributed by atoms with Crippen molar-refractivity contribution in [2.75, 3.05) is 0 Å². The highest BCUT2D eigenvalue weighted by Gasteiger charge is 2.44. The van der Waals surface area contributed by atoms with Gasteiger partial charge >= 0.3 is 0 Å². The summed E-state index contributed by atoms with van der Waals surface area (Å²) in [5.74, 6) is 0. The first-order chi connectivity index (χ1) is 8.16. The van der Waals surface area contributed by atoms with Gasteiger partial charge in [0.05, 0.1) is 5.60 Å². The molecule has 0 amide bonds. The van der Waals surface area contributed by atoms with Gasteiger partial charge < -0.3 is 4.43 Å². The predicted octanol–water partition coefficient (Wildman–Crippen LogP) is 4.95. The highest BCUT2D eigenvalue weighted by Crippen LogP contribution is 2.45. The molecule has 0 radical (unpaired) electrons. The van der Waals surface area contributed by atoms with Crippen LogP contribution < -0.4 is 0 Å². The highest BCUT2D eigenvalue weighted by molar-refractivity contribution is 6.74. The molecule has 1 nitrogen and oxygen atoms in total. The van der Waals surface area contributed by atoms with E-state index in [0.717, 1.165) is 0 Å². The van der Waals surface area contributed by atoms with Crippen LogP contribution in [-0.4, -0.2) is 8.32 Å². The van der Waals surface area contributed by atoms with Crippen LogP contribution in [-0.2, 0) is 10.0 Å². The van der Waals surface area contributed by atoms with E-state index < -0.39 is 8.32 Å². The smallest absolute Gasteiger partial charge is 0.193 e. The molecule has 2 heteroatoms. The largest absolute Gasteiger partial charge is 0.404 e. The molecular weight excluding hydrogens is 236 g/mol. The summed E-state index contributed by atoms with van der Waals surface area (Å²) in [7, 11) is -1.76. The fraction of sp³-hybridized carbons (Fsp3) is 0.500. The fourth-order valence-corrected chi connectivity index (χ4v) is 3.75. The Kier molecular flexibility index (Phi) is 3.07. The Morgan fingerprint density at radius 3 is 2.33 bits per heavy atom. The van der Waals surface area contributed by atoms with Crippen molar-refractivity contribution in [3.05, 3.63) is 41.5 Å². The maximum absolute atomic E-state index is 6.63. The standard InChI is InChI=1S/C16H24OSi/c1-15(2,3)18(5,6)17-16(4)12-11-13-9-7-8-10-14(13)16/h7-12H,1-6H3. The lowest BCUT2D eigenvalue weighted by molar-refractivity contribution is 0.125. The Bertz CT molecular complexity index is 482. The van der Waals surface area contributed by atoms with E-state index in [1.165, 1.54) is 11.1 Å². The average Bonchev–Trinajstić information content (AvgIpc) is 2.55. The number of hydrogen-bond acceptors (Lipinski definition) is 1. The number of benzene rings is 1. The van der Waals surface area contributed by atoms with Crippen molar-refractivity contribution < 1.29 is 4.43 Å². The van der Waals surface area contributed by atoms with Crippen LogP contribution >= 0.6 is 0 Å². The zero-order chi connectivity index (χ0) is 13.6. The van der Waals surface area contributed by atoms with Crippen LogP contribution in [0.3, 0.4) is 0 Å². The molecule has 0 heterocycles. The number of hydrogen-bond donors (Lipinski definition) is 0. The molecule has 0 saturated carbocycles. The lowest BCUT2D eigenvalue weighted by atomic mass is 9.98. The molecule has 0 fully saturated rings. The Labute approximate surface area is 112 Å². The SMILES string of the molecule is CC1(O[Si](C)(C)C(C)(C)C)C=Cc2ccccc21. The van der Waals surface area contributed by atoms with E-state index in [1.54, 1.807) is 0 Å². The van der Waals surface area contributed by atoms with Gasteiger partial charge in [-0.05, 0) is 42.3 Å². The van der Waals surface area contributed by atoms with E-state index in [-0.39, 0.29) is 10.6 Å². The minimum absolute atomic E-state index is 0.237. The third kappa shape index (κ3) is 2.19. The number of rotatable bonds is 2. The molecule has 0 aromatic heterocycles. The minimum atomic E-state index is -1.76. The first-order valence-corrected chi connectivity index (χ1v) is 9.55. The summed E-state index contributed by atoms with van der Waals surface area (Å²) in [6, 6.07) is 8.52. The van der Waals surface area contributed by atoms with Gasteiger partial charge in [0.15, 0.2) is 8.32 Å². The molecule has 0 N–H and O–H groups in total. The average molecular weight is 260 g/mol. The maximum Gasteiger partial charge on any atom is 0.193 e. The monoisotopic (exact) mass is 260 g/mol. The van der Waals surface area contributed by atoms with Gasteiger partial charge in [-0.1, -0.05) is 51.1 Å². The van der Waals surface area contributed by atoms with Crippen LogP contribution in [0.15, 0.2) is 30.3 Å². The molecule has 0 aliphatic heterocycles. The molecule has 0 bridgehead atoms. The Morgan fingerprint density at radius 2 is 1.72 bits per heavy atom. The van der Waals surface area contributed by atoms with Gasteiger partial charge in [-0.25, -0.2) is 0 Å². The molecule has 0 saturated heterocycles. The third-order valence-electron chi connectivity index (χ3n) is 4.35. The molecule has 18 heavy (non-hydrogen) atoms. The topological polar surface area (TPSA) is 9.23 Å². The molecule has 1 atom stereocenters. The van der Waals surface area contributed by atoms with Crippen LogP contribution in [0.1, 0.15) is 38.8 Å². The van der Waals surface area contributed by atoms with Crippen molar-refractivity contribution in [1.82, 2.24) is 0 Å². The van der Waals surface area contributed by atoms with Crippen molar-refractivity contribution in [2.24, 2.45) is 0 Å². The van der Waals surface area contributed by atoms with Gasteiger partial charge in [0.25, 0.3) is 0 Å². The van der Waals surface area contributed by atoms with Crippen LogP contribution in [0.2, 0.25) is 18.1 Å². The first kappa shape index (κ1) is 13.6. The molecule has 1 aliphatic rings. The van der Waals surface area contributed by atoms with E-state index in [9.17, 15) is 0 Å². The fourth-order valence-electron chi connectivity index (χ4n) is 2.21. The lowest BCUT2D eigenvalue weighted by Crippen LogP contribution is -2.46. The summed E-state index contributed by atoms with van der Waals surface area (Å²) in [6.07, 6.45) is 4.39. The second kappa shape index (κ2) is 4.07. The minimum Gasteiger partial charge on any atom is -0.404 e. The molecule has 1 aromatic rings. The molecule has 1 unspecified atom stereocenters. The quantitative estimate of drug-likeness (QED) is 0.684. The van der Waals surface area contributed by atoms with E-state index >= 15 is 0 Å². The van der Waals surface area contributed by atoms with Crippen LogP contribution in [0.4, 0.5) is 0 Å². The van der Waals surface area contributed by atoms with Gasteiger partial charge in [-0.2, -0.15) is 0 Å². The Morgan fingerprint density at radius 1 is 1.11 bits per heavy atom. The van der Waals surface area contributed by atoms with E-state index in [4.69, 9.17) is 4.43 Å². The van der Waals surface area contributed by atoms with Crippen LogP contribution in [0.25, 0.3) is 6.08 Å². The van der Waals surface area contributed by atoms with Gasteiger partial charge in [-0.15, -0.1) is 0 Å². The van der Waals surface area contributed by atoms with Crippen LogP contribution in [0.5, 0.6) is 0 Å². The summed E-state index contributed by atoms with van der Waals surface area (Å²) in [5, 5.41) is 0.237. The van der Waals surface area contributed by atoms with E-state index in [1.807, 2.05) is 0 Å². The second-order valence-electron chi connectivity index (χ2n) is 6.89. The van der Waals surface area contributed by atoms with Gasteiger partial charge in [0.2, 0.25) is 0 Å². The van der Waals surface area contributed by atoms with Gasteiger partial charge in [-0.3, -0.25) is 0 Å². The third-order valence-corrected chi connectivity index (χ3v) is 8.90. The molecular formula is C16H24OSi. The van der Waals surface area contributed by atoms with Gasteiger partial charge in [0, 0.05) is 0 Å². The van der Waals surface area contributed by atoms with E-state index in [2.05, 4.69) is 77.2 Å². The summed E-state index contributed by atoms with van der Waals surface area (Å²) in [6.45, 7) is 13.7. The zero-order valence-electron chi connectivity index (χ0n) is 12.4. The van der Waals surface area contributed by atoms with Crippen molar-refractivity contribution >= 4 is 14.4 Å². The molecule has 98 valence electrons. The highest BCUT2D eigenvalue weighted by atomic mass is 28.4. The second-order valence-corrected chi connectivity index (χ2v) is 11.6. The zero-order valence-corrected chi connectivity index (χ0v) is 13.4. The van der Waals surface area contributed by atoms with Crippen molar-refractivity contribution in [1.29, 1.82) is 0 Å². The summed E-state index contributed by atoms with van der Waals surface area (Å²) >= 11 is 0. The lowest BCUT2D eigenvalue weighted by Gasteiger charge is -2.42. The van der Waals surface area contributed by atoms with Gasteiger partial charge in [0.1, 0.15) is 0 Å².